The lowest BCUT2D eigenvalue weighted by molar-refractivity contribution is -0.140. The zero-order valence-corrected chi connectivity index (χ0v) is 9.91. The fourth-order valence-electron chi connectivity index (χ4n) is 1.00. The summed E-state index contributed by atoms with van der Waals surface area (Å²) in [4.78, 5) is 21.7. The number of aliphatic carboxylic acids is 1. The molecule has 0 spiro atoms. The third-order valence-corrected chi connectivity index (χ3v) is 2.62. The molecule has 0 saturated heterocycles. The second kappa shape index (κ2) is 7.18. The van der Waals surface area contributed by atoms with Gasteiger partial charge >= 0.3 is 12.0 Å². The highest BCUT2D eigenvalue weighted by molar-refractivity contribution is 7.84. The van der Waals surface area contributed by atoms with Crippen LogP contribution in [0.1, 0.15) is 6.92 Å². The summed E-state index contributed by atoms with van der Waals surface area (Å²) in [6.45, 7) is 0.965. The Balaban J connectivity index is 4.06. The van der Waals surface area contributed by atoms with Gasteiger partial charge in [0.15, 0.2) is 6.04 Å². The summed E-state index contributed by atoms with van der Waals surface area (Å²) in [5.74, 6) is -1.03. The van der Waals surface area contributed by atoms with Crippen molar-refractivity contribution in [3.63, 3.8) is 0 Å². The molecule has 0 aromatic rings. The van der Waals surface area contributed by atoms with Crippen LogP contribution in [0.15, 0.2) is 0 Å². The maximum atomic E-state index is 11.2. The number of carbonyl (C=O) groups is 2. The number of rotatable bonds is 6. The summed E-state index contributed by atoms with van der Waals surface area (Å²) < 4.78 is 10.8. The summed E-state index contributed by atoms with van der Waals surface area (Å²) in [6, 6.07) is -2.38. The number of nitrogens with one attached hydrogen (secondary N) is 2. The van der Waals surface area contributed by atoms with Crippen LogP contribution in [0.25, 0.3) is 0 Å². The van der Waals surface area contributed by atoms with E-state index in [2.05, 4.69) is 10.6 Å². The Morgan fingerprint density at radius 3 is 2.31 bits per heavy atom. The summed E-state index contributed by atoms with van der Waals surface area (Å²) in [6.07, 6.45) is 1.50. The Bertz CT molecular complexity index is 284. The normalized spacial score (nSPS) is 15.9. The Kier molecular flexibility index (Phi) is 6.66. The third-order valence-electron chi connectivity index (χ3n) is 1.65. The van der Waals surface area contributed by atoms with Crippen molar-refractivity contribution >= 4 is 22.8 Å². The van der Waals surface area contributed by atoms with E-state index in [1.165, 1.54) is 6.26 Å². The smallest absolute Gasteiger partial charge is 0.328 e. The van der Waals surface area contributed by atoms with Crippen molar-refractivity contribution in [1.82, 2.24) is 10.6 Å². The molecule has 0 aliphatic carbocycles. The molecule has 94 valence electrons. The number of carbonyl (C=O) groups excluding carboxylic acids is 1. The second-order valence-electron chi connectivity index (χ2n) is 3.33. The van der Waals surface area contributed by atoms with Crippen LogP contribution in [0.5, 0.6) is 0 Å². The van der Waals surface area contributed by atoms with Gasteiger partial charge in [0.2, 0.25) is 0 Å². The molecule has 2 unspecified atom stereocenters. The highest BCUT2D eigenvalue weighted by atomic mass is 32.2. The van der Waals surface area contributed by atoms with Crippen molar-refractivity contribution in [1.29, 1.82) is 0 Å². The van der Waals surface area contributed by atoms with Gasteiger partial charge in [-0.25, -0.2) is 9.59 Å². The van der Waals surface area contributed by atoms with Gasteiger partial charge in [-0.1, -0.05) is 0 Å². The maximum Gasteiger partial charge on any atom is 0.328 e. The maximum absolute atomic E-state index is 11.2. The number of aliphatic hydroxyl groups excluding tert-OH is 1. The molecule has 3 atom stereocenters. The number of hydrogen-bond acceptors (Lipinski definition) is 4. The average molecular weight is 252 g/mol. The number of aliphatic hydroxyl groups is 1. The van der Waals surface area contributed by atoms with Crippen molar-refractivity contribution in [2.75, 3.05) is 18.6 Å². The van der Waals surface area contributed by atoms with Crippen molar-refractivity contribution in [2.24, 2.45) is 0 Å². The minimum atomic E-state index is -1.33. The Labute approximate surface area is 95.7 Å². The standard InChI is InChI=1S/C8H16N2O5S/c1-5(4-16(2)15)9-8(14)10-6(3-11)7(12)13/h5-6,11H,3-4H2,1-2H3,(H,12,13)(H2,9,10,14)/t5?,6-,16?/m0/s1. The van der Waals surface area contributed by atoms with Gasteiger partial charge in [0, 0.05) is 28.9 Å². The Morgan fingerprint density at radius 1 is 1.38 bits per heavy atom. The van der Waals surface area contributed by atoms with E-state index in [9.17, 15) is 13.8 Å². The van der Waals surface area contributed by atoms with Gasteiger partial charge in [-0.3, -0.25) is 4.21 Å². The number of carboxylic acids is 1. The van der Waals surface area contributed by atoms with E-state index in [1.807, 2.05) is 0 Å². The first-order valence-electron chi connectivity index (χ1n) is 4.57. The monoisotopic (exact) mass is 252 g/mol. The van der Waals surface area contributed by atoms with E-state index < -0.39 is 35.4 Å². The molecule has 0 fully saturated rings. The van der Waals surface area contributed by atoms with Crippen molar-refractivity contribution in [3.8, 4) is 0 Å². The molecular weight excluding hydrogens is 236 g/mol. The minimum Gasteiger partial charge on any atom is -0.480 e. The lowest BCUT2D eigenvalue weighted by atomic mass is 10.3. The van der Waals surface area contributed by atoms with E-state index in [-0.39, 0.29) is 11.8 Å². The number of carboxylic acid groups (broad SMARTS) is 1. The van der Waals surface area contributed by atoms with E-state index in [0.717, 1.165) is 0 Å². The lowest BCUT2D eigenvalue weighted by Gasteiger charge is -2.16. The van der Waals surface area contributed by atoms with Crippen molar-refractivity contribution < 1.29 is 24.0 Å². The first kappa shape index (κ1) is 14.8. The molecule has 0 bridgehead atoms. The third kappa shape index (κ3) is 6.36. The van der Waals surface area contributed by atoms with Crippen LogP contribution in [0.4, 0.5) is 4.79 Å². The number of hydrogen-bond donors (Lipinski definition) is 4. The molecule has 7 nitrogen and oxygen atoms in total. The van der Waals surface area contributed by atoms with Crippen LogP contribution in [0, 0.1) is 0 Å². The second-order valence-corrected chi connectivity index (χ2v) is 4.81. The van der Waals surface area contributed by atoms with Gasteiger partial charge < -0.3 is 20.8 Å². The lowest BCUT2D eigenvalue weighted by Crippen LogP contribution is -2.50. The van der Waals surface area contributed by atoms with E-state index >= 15 is 0 Å². The predicted molar refractivity (Wildman–Crippen MR) is 58.6 cm³/mol. The largest absolute Gasteiger partial charge is 0.480 e. The summed E-state index contributed by atoms with van der Waals surface area (Å²) >= 11 is 0. The molecule has 2 amide bonds. The molecule has 0 aromatic heterocycles. The van der Waals surface area contributed by atoms with Crippen LogP contribution in [0.3, 0.4) is 0 Å². The molecule has 8 heteroatoms. The van der Waals surface area contributed by atoms with Crippen LogP contribution in [-0.4, -0.2) is 57.1 Å². The number of amides is 2. The highest BCUT2D eigenvalue weighted by Crippen LogP contribution is 1.87. The van der Waals surface area contributed by atoms with E-state index in [0.29, 0.717) is 0 Å². The molecule has 0 aliphatic heterocycles. The molecule has 0 rings (SSSR count). The molecule has 4 N–H and O–H groups in total. The fraction of sp³-hybridized carbons (Fsp3) is 0.750. The van der Waals surface area contributed by atoms with Gasteiger partial charge in [-0.2, -0.15) is 0 Å². The van der Waals surface area contributed by atoms with Crippen molar-refractivity contribution in [2.45, 2.75) is 19.0 Å². The topological polar surface area (TPSA) is 116 Å². The van der Waals surface area contributed by atoms with Gasteiger partial charge in [-0.15, -0.1) is 0 Å². The minimum absolute atomic E-state index is 0.282. The predicted octanol–water partition coefficient (Wildman–Crippen LogP) is -1.50. The molecule has 0 saturated carbocycles. The van der Waals surface area contributed by atoms with Crippen LogP contribution >= 0.6 is 0 Å². The summed E-state index contributed by atoms with van der Waals surface area (Å²) in [5, 5.41) is 21.7. The molecule has 0 radical (unpaired) electrons. The zero-order valence-electron chi connectivity index (χ0n) is 9.10. The summed E-state index contributed by atoms with van der Waals surface area (Å²) in [5.41, 5.74) is 0. The van der Waals surface area contributed by atoms with Gasteiger partial charge in [0.25, 0.3) is 0 Å². The summed E-state index contributed by atoms with van der Waals surface area (Å²) in [7, 11) is -1.04. The molecule has 0 aromatic carbocycles. The Hall–Kier alpha value is -1.15. The van der Waals surface area contributed by atoms with E-state index in [4.69, 9.17) is 10.2 Å². The van der Waals surface area contributed by atoms with E-state index in [1.54, 1.807) is 6.92 Å². The number of urea groups is 1. The van der Waals surface area contributed by atoms with Gasteiger partial charge in [-0.05, 0) is 6.92 Å². The Morgan fingerprint density at radius 2 is 1.94 bits per heavy atom. The van der Waals surface area contributed by atoms with Crippen molar-refractivity contribution in [3.05, 3.63) is 0 Å². The molecule has 0 heterocycles. The first-order chi connectivity index (χ1) is 7.36. The van der Waals surface area contributed by atoms with Crippen LogP contribution < -0.4 is 10.6 Å². The highest BCUT2D eigenvalue weighted by Gasteiger charge is 2.19. The van der Waals surface area contributed by atoms with Gasteiger partial charge in [0.1, 0.15) is 0 Å². The fourth-order valence-corrected chi connectivity index (χ4v) is 1.79. The zero-order chi connectivity index (χ0) is 12.7. The molecule has 0 aliphatic rings. The SMILES string of the molecule is CC(CS(C)=O)NC(=O)N[C@@H](CO)C(=O)O. The quantitative estimate of drug-likeness (QED) is 0.459. The molecule has 16 heavy (non-hydrogen) atoms. The van der Waals surface area contributed by atoms with Gasteiger partial charge in [0.05, 0.1) is 6.61 Å². The average Bonchev–Trinajstić information content (AvgIpc) is 2.11. The van der Waals surface area contributed by atoms with Crippen LogP contribution in [0.2, 0.25) is 0 Å². The molecular formula is C8H16N2O5S. The first-order valence-corrected chi connectivity index (χ1v) is 6.30. The van der Waals surface area contributed by atoms with Crippen LogP contribution in [-0.2, 0) is 15.6 Å².